The third-order valence-corrected chi connectivity index (χ3v) is 5.75. The molecular formula is C24H21ClFN9O2. The molecule has 4 heterocycles. The van der Waals surface area contributed by atoms with E-state index in [1.165, 1.54) is 12.5 Å². The first kappa shape index (κ1) is 24.3. The number of hydrogen-bond acceptors (Lipinski definition) is 10. The van der Waals surface area contributed by atoms with Crippen molar-refractivity contribution in [3.63, 3.8) is 0 Å². The average Bonchev–Trinajstić information content (AvgIpc) is 2.94. The molecule has 0 aliphatic carbocycles. The van der Waals surface area contributed by atoms with Crippen LogP contribution in [-0.2, 0) is 4.74 Å². The predicted molar refractivity (Wildman–Crippen MR) is 136 cm³/mol. The van der Waals surface area contributed by atoms with Gasteiger partial charge < -0.3 is 15.0 Å². The number of carbonyl (C=O) groups excluding carboxylic acids is 1. The summed E-state index contributed by atoms with van der Waals surface area (Å²) in [5.41, 5.74) is 8.15. The van der Waals surface area contributed by atoms with E-state index in [1.54, 1.807) is 35.4 Å². The molecule has 5 rings (SSSR count). The van der Waals surface area contributed by atoms with Gasteiger partial charge in [0.2, 0.25) is 5.95 Å². The van der Waals surface area contributed by atoms with Crippen molar-refractivity contribution in [3.05, 3.63) is 77.8 Å². The van der Waals surface area contributed by atoms with Crippen molar-refractivity contribution in [3.8, 4) is 11.3 Å². The maximum absolute atomic E-state index is 14.2. The van der Waals surface area contributed by atoms with Crippen LogP contribution >= 0.6 is 11.6 Å². The Hall–Kier alpha value is -4.42. The lowest BCUT2D eigenvalue weighted by atomic mass is 10.1. The fourth-order valence-electron chi connectivity index (χ4n) is 3.61. The smallest absolute Gasteiger partial charge is 0.288 e. The highest BCUT2D eigenvalue weighted by Gasteiger charge is 2.18. The Morgan fingerprint density at radius 1 is 1.03 bits per heavy atom. The average molecular weight is 522 g/mol. The van der Waals surface area contributed by atoms with E-state index >= 15 is 0 Å². The summed E-state index contributed by atoms with van der Waals surface area (Å²) in [6.07, 6.45) is 5.69. The van der Waals surface area contributed by atoms with Crippen LogP contribution in [0.15, 0.2) is 61.3 Å². The van der Waals surface area contributed by atoms with E-state index in [2.05, 4.69) is 41.1 Å². The highest BCUT2D eigenvalue weighted by Crippen LogP contribution is 2.30. The second kappa shape index (κ2) is 11.1. The van der Waals surface area contributed by atoms with Crippen LogP contribution < -0.4 is 21.1 Å². The topological polar surface area (TPSA) is 130 Å². The molecule has 3 aromatic heterocycles. The Labute approximate surface area is 216 Å². The molecule has 1 aromatic carbocycles. The van der Waals surface area contributed by atoms with Crippen LogP contribution in [-0.4, -0.2) is 57.1 Å². The molecular weight excluding hydrogens is 501 g/mol. The van der Waals surface area contributed by atoms with Crippen LogP contribution in [0.1, 0.15) is 10.5 Å². The second-order valence-electron chi connectivity index (χ2n) is 7.89. The number of amides is 1. The number of benzene rings is 1. The highest BCUT2D eigenvalue weighted by atomic mass is 35.5. The van der Waals surface area contributed by atoms with Gasteiger partial charge in [-0.3, -0.25) is 15.6 Å². The molecule has 0 spiro atoms. The minimum Gasteiger partial charge on any atom is -0.378 e. The van der Waals surface area contributed by atoms with E-state index in [-0.39, 0.29) is 17.5 Å². The molecule has 1 aliphatic rings. The van der Waals surface area contributed by atoms with Gasteiger partial charge in [-0.05, 0) is 36.4 Å². The first-order chi connectivity index (χ1) is 18.1. The Morgan fingerprint density at radius 3 is 2.59 bits per heavy atom. The summed E-state index contributed by atoms with van der Waals surface area (Å²) in [6.45, 7) is 2.01. The Balaban J connectivity index is 1.19. The zero-order chi connectivity index (χ0) is 25.6. The second-order valence-corrected chi connectivity index (χ2v) is 8.30. The van der Waals surface area contributed by atoms with Gasteiger partial charge >= 0.3 is 0 Å². The molecule has 0 radical (unpaired) electrons. The van der Waals surface area contributed by atoms with E-state index in [1.807, 2.05) is 12.1 Å². The van der Waals surface area contributed by atoms with Gasteiger partial charge in [-0.1, -0.05) is 11.6 Å². The van der Waals surface area contributed by atoms with Gasteiger partial charge in [0.05, 0.1) is 42.0 Å². The van der Waals surface area contributed by atoms with Gasteiger partial charge in [0.25, 0.3) is 5.91 Å². The number of ether oxygens (including phenoxy) is 1. The third-order valence-electron chi connectivity index (χ3n) is 5.44. The number of hydrogen-bond donors (Lipinski definition) is 3. The first-order valence-electron chi connectivity index (χ1n) is 11.3. The van der Waals surface area contributed by atoms with Gasteiger partial charge in [-0.2, -0.15) is 4.98 Å². The number of pyridine rings is 1. The molecule has 0 bridgehead atoms. The van der Waals surface area contributed by atoms with Crippen LogP contribution in [0.2, 0.25) is 5.02 Å². The molecule has 188 valence electrons. The van der Waals surface area contributed by atoms with E-state index in [0.717, 1.165) is 23.1 Å². The number of halogens is 2. The zero-order valence-corrected chi connectivity index (χ0v) is 20.1. The minimum atomic E-state index is -0.548. The van der Waals surface area contributed by atoms with Gasteiger partial charge in [0.15, 0.2) is 11.6 Å². The fraction of sp³-hybridized carbons (Fsp3) is 0.167. The molecule has 0 saturated carbocycles. The maximum atomic E-state index is 14.2. The van der Waals surface area contributed by atoms with Crippen molar-refractivity contribution in [1.29, 1.82) is 0 Å². The molecule has 13 heteroatoms. The van der Waals surface area contributed by atoms with Crippen molar-refractivity contribution in [2.75, 3.05) is 41.9 Å². The van der Waals surface area contributed by atoms with Crippen LogP contribution in [0.3, 0.4) is 0 Å². The minimum absolute atomic E-state index is 0.0526. The molecule has 1 fully saturated rings. The lowest BCUT2D eigenvalue weighted by Crippen LogP contribution is -2.38. The van der Waals surface area contributed by atoms with Crippen LogP contribution in [0.5, 0.6) is 0 Å². The molecule has 0 unspecified atom stereocenters. The number of rotatable bonds is 7. The lowest BCUT2D eigenvalue weighted by molar-refractivity contribution is 0.0957. The standard InChI is InChI=1S/C24H21ClFN9O2/c25-18-11-15(1-3-17(18)20-5-6-27-14-30-20)31-16-2-4-21(28-12-16)23(36)33-34-24-29-13-19(26)22(32-24)35-7-9-37-10-8-35/h1-6,11-14,31H,7-10H2,(H,33,36)(H,29,32,34). The van der Waals surface area contributed by atoms with Crippen molar-refractivity contribution < 1.29 is 13.9 Å². The van der Waals surface area contributed by atoms with Crippen LogP contribution in [0.25, 0.3) is 11.3 Å². The number of anilines is 4. The summed E-state index contributed by atoms with van der Waals surface area (Å²) >= 11 is 6.43. The number of morpholine rings is 1. The molecule has 1 amide bonds. The summed E-state index contributed by atoms with van der Waals surface area (Å²) < 4.78 is 19.5. The predicted octanol–water partition coefficient (Wildman–Crippen LogP) is 3.46. The SMILES string of the molecule is O=C(NNc1ncc(F)c(N2CCOCC2)n1)c1ccc(Nc2ccc(-c3ccncn3)c(Cl)c2)cn1. The van der Waals surface area contributed by atoms with Gasteiger partial charge in [0.1, 0.15) is 12.0 Å². The van der Waals surface area contributed by atoms with Gasteiger partial charge in [0, 0.05) is 30.5 Å². The van der Waals surface area contributed by atoms with E-state index in [0.29, 0.717) is 37.0 Å². The number of nitrogens with one attached hydrogen (secondary N) is 3. The monoisotopic (exact) mass is 521 g/mol. The fourth-order valence-corrected chi connectivity index (χ4v) is 3.89. The number of nitrogens with zero attached hydrogens (tertiary/aromatic N) is 6. The molecule has 1 aliphatic heterocycles. The summed E-state index contributed by atoms with van der Waals surface area (Å²) in [4.78, 5) is 34.6. The van der Waals surface area contributed by atoms with Crippen LogP contribution in [0.4, 0.5) is 27.5 Å². The quantitative estimate of drug-likeness (QED) is 0.311. The highest BCUT2D eigenvalue weighted by molar-refractivity contribution is 6.33. The van der Waals surface area contributed by atoms with E-state index < -0.39 is 11.7 Å². The van der Waals surface area contributed by atoms with Gasteiger partial charge in [-0.25, -0.2) is 24.3 Å². The van der Waals surface area contributed by atoms with Crippen LogP contribution in [0, 0.1) is 5.82 Å². The third kappa shape index (κ3) is 5.88. The van der Waals surface area contributed by atoms with E-state index in [4.69, 9.17) is 16.3 Å². The number of carbonyl (C=O) groups is 1. The van der Waals surface area contributed by atoms with E-state index in [9.17, 15) is 9.18 Å². The summed E-state index contributed by atoms with van der Waals surface area (Å²) in [7, 11) is 0. The number of hydrazine groups is 1. The summed E-state index contributed by atoms with van der Waals surface area (Å²) in [5, 5.41) is 3.72. The molecule has 0 atom stereocenters. The lowest BCUT2D eigenvalue weighted by Gasteiger charge is -2.28. The largest absolute Gasteiger partial charge is 0.378 e. The first-order valence-corrected chi connectivity index (χ1v) is 11.7. The van der Waals surface area contributed by atoms with Crippen molar-refractivity contribution >= 4 is 40.6 Å². The normalized spacial score (nSPS) is 13.2. The van der Waals surface area contributed by atoms with Crippen molar-refractivity contribution in [1.82, 2.24) is 30.3 Å². The molecule has 1 saturated heterocycles. The maximum Gasteiger partial charge on any atom is 0.288 e. The summed E-state index contributed by atoms with van der Waals surface area (Å²) in [6, 6.07) is 10.5. The van der Waals surface area contributed by atoms with Crippen molar-refractivity contribution in [2.45, 2.75) is 0 Å². The van der Waals surface area contributed by atoms with Crippen molar-refractivity contribution in [2.24, 2.45) is 0 Å². The molecule has 11 nitrogen and oxygen atoms in total. The zero-order valence-electron chi connectivity index (χ0n) is 19.4. The Bertz CT molecular complexity index is 1390. The number of aromatic nitrogens is 5. The Morgan fingerprint density at radius 2 is 1.86 bits per heavy atom. The summed E-state index contributed by atoms with van der Waals surface area (Å²) in [5.74, 6) is -0.858. The van der Waals surface area contributed by atoms with Gasteiger partial charge in [-0.15, -0.1) is 0 Å². The Kier molecular flexibility index (Phi) is 7.28. The molecule has 4 aromatic rings. The molecule has 3 N–H and O–H groups in total. The molecule has 37 heavy (non-hydrogen) atoms.